The molecule has 1 aromatic heterocycles. The van der Waals surface area contributed by atoms with Crippen LogP contribution in [0.4, 0.5) is 0 Å². The van der Waals surface area contributed by atoms with Crippen LogP contribution in [0.2, 0.25) is 0 Å². The summed E-state index contributed by atoms with van der Waals surface area (Å²) in [4.78, 5) is 23.8. The second kappa shape index (κ2) is 6.56. The molecular weight excluding hydrogens is 280 g/mol. The molecule has 2 aromatic rings. The summed E-state index contributed by atoms with van der Waals surface area (Å²) in [5.41, 5.74) is 1.49. The number of benzene rings is 1. The highest BCUT2D eigenvalue weighted by atomic mass is 16.5. The standard InChI is InChI=1S/C17H18N2O3/c20-15-8-4-5-9-16(15)22-17(21)14-10-18-19(12-14)11-13-6-2-1-3-7-13/h1-3,6-7,10,12,16H,4-5,8-9,11H2. The summed E-state index contributed by atoms with van der Waals surface area (Å²) < 4.78 is 7.00. The van der Waals surface area contributed by atoms with Gasteiger partial charge >= 0.3 is 5.97 Å². The van der Waals surface area contributed by atoms with E-state index in [9.17, 15) is 9.59 Å². The molecule has 0 bridgehead atoms. The number of carbonyl (C=O) groups excluding carboxylic acids is 2. The number of esters is 1. The van der Waals surface area contributed by atoms with Crippen LogP contribution < -0.4 is 0 Å². The molecular formula is C17H18N2O3. The van der Waals surface area contributed by atoms with E-state index in [0.29, 0.717) is 24.9 Å². The summed E-state index contributed by atoms with van der Waals surface area (Å²) >= 11 is 0. The number of nitrogens with zero attached hydrogens (tertiary/aromatic N) is 2. The Morgan fingerprint density at radius 2 is 2.09 bits per heavy atom. The van der Waals surface area contributed by atoms with E-state index in [2.05, 4.69) is 5.10 Å². The first-order valence-corrected chi connectivity index (χ1v) is 7.52. The minimum absolute atomic E-state index is 0.0243. The van der Waals surface area contributed by atoms with Crippen LogP contribution in [0.1, 0.15) is 41.6 Å². The van der Waals surface area contributed by atoms with E-state index in [0.717, 1.165) is 18.4 Å². The van der Waals surface area contributed by atoms with Gasteiger partial charge in [0, 0.05) is 12.6 Å². The Bertz CT molecular complexity index is 664. The molecule has 1 saturated carbocycles. The summed E-state index contributed by atoms with van der Waals surface area (Å²) in [7, 11) is 0. The Balaban J connectivity index is 1.63. The average Bonchev–Trinajstić information content (AvgIpc) is 2.99. The summed E-state index contributed by atoms with van der Waals surface area (Å²) in [6.45, 7) is 0.594. The third kappa shape index (κ3) is 3.42. The van der Waals surface area contributed by atoms with Crippen molar-refractivity contribution in [3.05, 3.63) is 53.9 Å². The Kier molecular flexibility index (Phi) is 4.32. The maximum Gasteiger partial charge on any atom is 0.342 e. The second-order valence-corrected chi connectivity index (χ2v) is 5.52. The molecule has 5 heteroatoms. The van der Waals surface area contributed by atoms with Crippen molar-refractivity contribution in [3.63, 3.8) is 0 Å². The molecule has 1 aromatic carbocycles. The Labute approximate surface area is 128 Å². The average molecular weight is 298 g/mol. The van der Waals surface area contributed by atoms with Gasteiger partial charge in [-0.2, -0.15) is 5.10 Å². The van der Waals surface area contributed by atoms with Gasteiger partial charge in [0.2, 0.25) is 0 Å². The number of Topliss-reactive ketones (excluding diaryl/α,β-unsaturated/α-hetero) is 1. The highest BCUT2D eigenvalue weighted by Gasteiger charge is 2.26. The van der Waals surface area contributed by atoms with Crippen molar-refractivity contribution in [3.8, 4) is 0 Å². The van der Waals surface area contributed by atoms with Gasteiger partial charge in [-0.05, 0) is 24.8 Å². The van der Waals surface area contributed by atoms with Crippen molar-refractivity contribution < 1.29 is 14.3 Å². The summed E-state index contributed by atoms with van der Waals surface area (Å²) in [6.07, 6.45) is 5.51. The van der Waals surface area contributed by atoms with Crippen molar-refractivity contribution in [2.24, 2.45) is 0 Å². The van der Waals surface area contributed by atoms with E-state index in [-0.39, 0.29) is 5.78 Å². The van der Waals surface area contributed by atoms with E-state index >= 15 is 0 Å². The van der Waals surface area contributed by atoms with Gasteiger partial charge in [0.15, 0.2) is 11.9 Å². The van der Waals surface area contributed by atoms with Crippen LogP contribution in [0.15, 0.2) is 42.7 Å². The predicted octanol–water partition coefficient (Wildman–Crippen LogP) is 2.60. The van der Waals surface area contributed by atoms with Gasteiger partial charge in [0.05, 0.1) is 18.3 Å². The van der Waals surface area contributed by atoms with E-state index < -0.39 is 12.1 Å². The number of ether oxygens (including phenoxy) is 1. The molecule has 0 amide bonds. The van der Waals surface area contributed by atoms with E-state index in [4.69, 9.17) is 4.74 Å². The van der Waals surface area contributed by atoms with Gasteiger partial charge in [0.1, 0.15) is 0 Å². The monoisotopic (exact) mass is 298 g/mol. The van der Waals surface area contributed by atoms with Crippen molar-refractivity contribution >= 4 is 11.8 Å². The zero-order chi connectivity index (χ0) is 15.4. The molecule has 5 nitrogen and oxygen atoms in total. The minimum Gasteiger partial charge on any atom is -0.451 e. The first kappa shape index (κ1) is 14.5. The van der Waals surface area contributed by atoms with E-state index in [1.54, 1.807) is 10.9 Å². The first-order chi connectivity index (χ1) is 10.7. The lowest BCUT2D eigenvalue weighted by Gasteiger charge is -2.20. The molecule has 1 heterocycles. The lowest BCUT2D eigenvalue weighted by molar-refractivity contribution is -0.129. The van der Waals surface area contributed by atoms with Crippen LogP contribution >= 0.6 is 0 Å². The lowest BCUT2D eigenvalue weighted by atomic mass is 9.96. The lowest BCUT2D eigenvalue weighted by Crippen LogP contribution is -2.30. The minimum atomic E-state index is -0.585. The van der Waals surface area contributed by atoms with Crippen molar-refractivity contribution in [2.45, 2.75) is 38.3 Å². The van der Waals surface area contributed by atoms with E-state index in [1.807, 2.05) is 30.3 Å². The molecule has 1 aliphatic rings. The van der Waals surface area contributed by atoms with Gasteiger partial charge in [-0.15, -0.1) is 0 Å². The predicted molar refractivity (Wildman–Crippen MR) is 80.4 cm³/mol. The second-order valence-electron chi connectivity index (χ2n) is 5.52. The molecule has 0 saturated heterocycles. The van der Waals surface area contributed by atoms with Gasteiger partial charge in [-0.3, -0.25) is 9.48 Å². The Morgan fingerprint density at radius 1 is 1.27 bits per heavy atom. The van der Waals surface area contributed by atoms with Gasteiger partial charge in [-0.1, -0.05) is 30.3 Å². The zero-order valence-corrected chi connectivity index (χ0v) is 12.3. The molecule has 0 N–H and O–H groups in total. The molecule has 1 fully saturated rings. The van der Waals surface area contributed by atoms with Crippen LogP contribution in [0.5, 0.6) is 0 Å². The summed E-state index contributed by atoms with van der Waals surface area (Å²) in [5, 5.41) is 4.18. The van der Waals surface area contributed by atoms with Crippen LogP contribution in [0.3, 0.4) is 0 Å². The molecule has 0 spiro atoms. The van der Waals surface area contributed by atoms with Crippen molar-refractivity contribution in [1.82, 2.24) is 9.78 Å². The van der Waals surface area contributed by atoms with Crippen LogP contribution in [-0.4, -0.2) is 27.6 Å². The third-order valence-electron chi connectivity index (χ3n) is 3.80. The van der Waals surface area contributed by atoms with Gasteiger partial charge < -0.3 is 4.74 Å². The molecule has 114 valence electrons. The molecule has 1 unspecified atom stereocenters. The summed E-state index contributed by atoms with van der Waals surface area (Å²) in [5.74, 6) is -0.448. The van der Waals surface area contributed by atoms with Crippen LogP contribution in [0.25, 0.3) is 0 Å². The van der Waals surface area contributed by atoms with E-state index in [1.165, 1.54) is 6.20 Å². The smallest absolute Gasteiger partial charge is 0.342 e. The topological polar surface area (TPSA) is 61.2 Å². The third-order valence-corrected chi connectivity index (χ3v) is 3.80. The maximum absolute atomic E-state index is 12.1. The van der Waals surface area contributed by atoms with Crippen molar-refractivity contribution in [1.29, 1.82) is 0 Å². The highest BCUT2D eigenvalue weighted by molar-refractivity contribution is 5.92. The molecule has 22 heavy (non-hydrogen) atoms. The Morgan fingerprint density at radius 3 is 2.86 bits per heavy atom. The molecule has 0 aliphatic heterocycles. The van der Waals surface area contributed by atoms with Crippen LogP contribution in [0, 0.1) is 0 Å². The molecule has 1 atom stereocenters. The highest BCUT2D eigenvalue weighted by Crippen LogP contribution is 2.18. The largest absolute Gasteiger partial charge is 0.451 e. The first-order valence-electron chi connectivity index (χ1n) is 7.52. The number of rotatable bonds is 4. The summed E-state index contributed by atoms with van der Waals surface area (Å²) in [6, 6.07) is 9.88. The number of carbonyl (C=O) groups is 2. The number of aromatic nitrogens is 2. The van der Waals surface area contributed by atoms with Gasteiger partial charge in [0.25, 0.3) is 0 Å². The van der Waals surface area contributed by atoms with Crippen molar-refractivity contribution in [2.75, 3.05) is 0 Å². The molecule has 3 rings (SSSR count). The number of hydrogen-bond donors (Lipinski definition) is 0. The van der Waals surface area contributed by atoms with Gasteiger partial charge in [-0.25, -0.2) is 4.79 Å². The number of hydrogen-bond acceptors (Lipinski definition) is 4. The fourth-order valence-corrected chi connectivity index (χ4v) is 2.60. The zero-order valence-electron chi connectivity index (χ0n) is 12.3. The quantitative estimate of drug-likeness (QED) is 0.814. The fourth-order valence-electron chi connectivity index (χ4n) is 2.60. The maximum atomic E-state index is 12.1. The SMILES string of the molecule is O=C(OC1CCCCC1=O)c1cnn(Cc2ccccc2)c1. The normalized spacial score (nSPS) is 18.2. The number of ketones is 1. The Hall–Kier alpha value is -2.43. The fraction of sp³-hybridized carbons (Fsp3) is 0.353. The molecule has 1 aliphatic carbocycles. The molecule has 0 radical (unpaired) electrons. The van der Waals surface area contributed by atoms with Crippen LogP contribution in [-0.2, 0) is 16.1 Å².